The molecule has 1 aliphatic heterocycles. The normalized spacial score (nSPS) is 23.2. The van der Waals surface area contributed by atoms with Crippen molar-refractivity contribution in [2.75, 3.05) is 0 Å². The number of aliphatic hydroxyl groups is 1. The minimum atomic E-state index is -0.629. The van der Waals surface area contributed by atoms with Crippen LogP contribution >= 0.6 is 0 Å². The Kier molecular flexibility index (Phi) is 10.5. The van der Waals surface area contributed by atoms with Crippen LogP contribution in [0, 0.1) is 56.3 Å². The Morgan fingerprint density at radius 1 is 0.909 bits per heavy atom. The van der Waals surface area contributed by atoms with Gasteiger partial charge in [-0.05, 0) is 92.0 Å². The maximum atomic E-state index is 15.1. The second-order valence-electron chi connectivity index (χ2n) is 18.1. The molecule has 6 rings (SSSR count). The number of ether oxygens (including phenoxy) is 1. The highest BCUT2D eigenvalue weighted by Crippen LogP contribution is 2.51. The van der Waals surface area contributed by atoms with E-state index in [9.17, 15) is 14.7 Å². The van der Waals surface area contributed by atoms with Gasteiger partial charge in [0.05, 0.1) is 22.5 Å². The first-order valence-corrected chi connectivity index (χ1v) is 19.6. The molecule has 3 N–H and O–H groups in total. The first-order chi connectivity index (χ1) is 25.7. The Morgan fingerprint density at radius 3 is 2.05 bits per heavy atom. The van der Waals surface area contributed by atoms with Crippen LogP contribution in [0.4, 0.5) is 0 Å². The zero-order valence-corrected chi connectivity index (χ0v) is 34.6. The highest BCUT2D eigenvalue weighted by Gasteiger charge is 2.50. The van der Waals surface area contributed by atoms with Crippen LogP contribution in [0.3, 0.4) is 0 Å². The average molecular weight is 744 g/mol. The molecule has 2 aliphatic carbocycles. The summed E-state index contributed by atoms with van der Waals surface area (Å²) >= 11 is 0. The van der Waals surface area contributed by atoms with Crippen LogP contribution in [0.25, 0.3) is 11.1 Å². The number of rotatable bonds is 6. The molecule has 2 unspecified atom stereocenters. The van der Waals surface area contributed by atoms with Gasteiger partial charge in [-0.2, -0.15) is 0 Å². The van der Waals surface area contributed by atoms with Gasteiger partial charge >= 0.3 is 5.97 Å². The van der Waals surface area contributed by atoms with Crippen molar-refractivity contribution in [3.05, 3.63) is 116 Å². The van der Waals surface area contributed by atoms with Crippen LogP contribution in [0.2, 0.25) is 0 Å². The number of amidine groups is 1. The summed E-state index contributed by atoms with van der Waals surface area (Å²) in [5.41, 5.74) is 6.68. The molecule has 55 heavy (non-hydrogen) atoms. The Hall–Kier alpha value is -4.98. The monoisotopic (exact) mass is 743 g/mol. The molecular weight excluding hydrogens is 687 g/mol. The molecule has 290 valence electrons. The first-order valence-electron chi connectivity index (χ1n) is 19.6. The van der Waals surface area contributed by atoms with Crippen molar-refractivity contribution < 1.29 is 24.2 Å². The van der Waals surface area contributed by atoms with Crippen molar-refractivity contribution in [1.29, 1.82) is 0 Å². The number of aliphatic imine (C=N–C) groups is 1. The Balaban J connectivity index is 1.57. The summed E-state index contributed by atoms with van der Waals surface area (Å²) < 4.78 is 6.76. The molecule has 0 saturated heterocycles. The third kappa shape index (κ3) is 7.28. The van der Waals surface area contributed by atoms with E-state index < -0.39 is 23.8 Å². The Labute approximate surface area is 326 Å². The van der Waals surface area contributed by atoms with Gasteiger partial charge in [-0.25, -0.2) is 9.79 Å². The lowest BCUT2D eigenvalue weighted by molar-refractivity contribution is -0.164. The first kappa shape index (κ1) is 39.7. The number of nitrogens with one attached hydrogen (secondary N) is 2. The summed E-state index contributed by atoms with van der Waals surface area (Å²) in [5.74, 6) is -1.11. The average Bonchev–Trinajstić information content (AvgIpc) is 3.59. The van der Waals surface area contributed by atoms with E-state index >= 15 is 4.79 Å². The molecule has 2 aromatic carbocycles. The molecule has 0 bridgehead atoms. The number of nitrogens with zero attached hydrogens (tertiary/aromatic N) is 1. The zero-order valence-electron chi connectivity index (χ0n) is 34.6. The summed E-state index contributed by atoms with van der Waals surface area (Å²) in [7, 11) is 0. The largest absolute Gasteiger partial charge is 0.506 e. The lowest BCUT2D eigenvalue weighted by Crippen LogP contribution is -2.50. The number of hydrogen-bond acceptors (Lipinski definition) is 6. The molecule has 0 spiro atoms. The fourth-order valence-corrected chi connectivity index (χ4v) is 9.03. The predicted molar refractivity (Wildman–Crippen MR) is 220 cm³/mol. The van der Waals surface area contributed by atoms with Crippen molar-refractivity contribution in [3.63, 3.8) is 0 Å². The second kappa shape index (κ2) is 14.6. The summed E-state index contributed by atoms with van der Waals surface area (Å²) in [6.45, 7) is 25.2. The fourth-order valence-electron chi connectivity index (χ4n) is 9.03. The number of aromatic nitrogens is 1. The lowest BCUT2D eigenvalue weighted by Gasteiger charge is -2.50. The minimum Gasteiger partial charge on any atom is -0.506 e. The minimum absolute atomic E-state index is 0.00810. The van der Waals surface area contributed by atoms with Crippen LogP contribution in [0.15, 0.2) is 76.1 Å². The van der Waals surface area contributed by atoms with Gasteiger partial charge < -0.3 is 20.1 Å². The number of aryl methyl sites for hydroxylation is 3. The van der Waals surface area contributed by atoms with Gasteiger partial charge in [0.15, 0.2) is 0 Å². The number of carbonyl (C=O) groups excluding carboxylic acids is 3. The summed E-state index contributed by atoms with van der Waals surface area (Å²) in [6.07, 6.45) is 2.17. The van der Waals surface area contributed by atoms with Crippen molar-refractivity contribution in [2.45, 2.75) is 108 Å². The molecule has 1 aromatic heterocycles. The van der Waals surface area contributed by atoms with E-state index in [2.05, 4.69) is 65.7 Å². The maximum absolute atomic E-state index is 15.1. The predicted octanol–water partition coefficient (Wildman–Crippen LogP) is 9.88. The van der Waals surface area contributed by atoms with Crippen molar-refractivity contribution in [3.8, 4) is 0 Å². The molecule has 1 saturated carbocycles. The van der Waals surface area contributed by atoms with E-state index in [1.165, 1.54) is 0 Å². The molecule has 0 radical (unpaired) electrons. The number of hydrogen-bond donors (Lipinski definition) is 3. The molecule has 1 amide bonds. The van der Waals surface area contributed by atoms with Crippen LogP contribution in [0.1, 0.15) is 118 Å². The number of H-pyrrole nitrogens is 1. The van der Waals surface area contributed by atoms with Crippen molar-refractivity contribution >= 4 is 34.6 Å². The molecule has 3 aliphatic rings. The van der Waals surface area contributed by atoms with E-state index in [-0.39, 0.29) is 56.7 Å². The van der Waals surface area contributed by atoms with E-state index in [0.29, 0.717) is 28.3 Å². The Morgan fingerprint density at radius 2 is 1.53 bits per heavy atom. The number of esters is 1. The second-order valence-corrected chi connectivity index (χ2v) is 18.1. The molecular formula is C47H57N3O5. The smallest absolute Gasteiger partial charge is 0.342 e. The number of carbonyl (C=O) groups is 3. The maximum Gasteiger partial charge on any atom is 0.342 e. The zero-order chi connectivity index (χ0) is 40.3. The third-order valence-corrected chi connectivity index (χ3v) is 12.0. The highest BCUT2D eigenvalue weighted by molar-refractivity contribution is 6.41. The number of ketones is 1. The van der Waals surface area contributed by atoms with Crippen LogP contribution in [0.5, 0.6) is 0 Å². The summed E-state index contributed by atoms with van der Waals surface area (Å²) in [6, 6.07) is 14.8. The molecule has 2 atom stereocenters. The number of amides is 1. The van der Waals surface area contributed by atoms with Gasteiger partial charge in [-0.15, -0.1) is 0 Å². The molecule has 1 fully saturated rings. The quantitative estimate of drug-likeness (QED) is 0.172. The molecule has 8 heteroatoms. The number of allylic oxidation sites excluding steroid dienone is 3. The van der Waals surface area contributed by atoms with E-state index in [4.69, 9.17) is 9.73 Å². The summed E-state index contributed by atoms with van der Waals surface area (Å²) in [5, 5.41) is 14.7. The van der Waals surface area contributed by atoms with Gasteiger partial charge in [-0.1, -0.05) is 103 Å². The SMILES string of the molecule is CCc1c(C)[nH]c(C2=C(O)C(=C3N=C(NC(=O)c4ccc(C)cc4C)C(C(=O)OC4C(C(C)(C)C)CC(C)CC4C(C)(C)C)=C3c3ccccc3)C2=O)c1C. The van der Waals surface area contributed by atoms with Crippen LogP contribution < -0.4 is 5.32 Å². The number of aliphatic hydroxyl groups excluding tert-OH is 1. The molecule has 8 nitrogen and oxygen atoms in total. The molecule has 2 heterocycles. The molecule has 3 aromatic rings. The topological polar surface area (TPSA) is 121 Å². The van der Waals surface area contributed by atoms with Gasteiger partial charge in [-0.3, -0.25) is 9.59 Å². The van der Waals surface area contributed by atoms with E-state index in [0.717, 1.165) is 47.2 Å². The van der Waals surface area contributed by atoms with E-state index in [1.807, 2.05) is 70.2 Å². The summed E-state index contributed by atoms with van der Waals surface area (Å²) in [4.78, 5) is 51.6. The number of benzene rings is 2. The van der Waals surface area contributed by atoms with E-state index in [1.54, 1.807) is 6.07 Å². The van der Waals surface area contributed by atoms with Crippen molar-refractivity contribution in [1.82, 2.24) is 10.3 Å². The van der Waals surface area contributed by atoms with Crippen LogP contribution in [-0.4, -0.2) is 39.7 Å². The third-order valence-electron chi connectivity index (χ3n) is 12.0. The van der Waals surface area contributed by atoms with Gasteiger partial charge in [0, 0.05) is 28.7 Å². The van der Waals surface area contributed by atoms with Gasteiger partial charge in [0.1, 0.15) is 23.3 Å². The Bertz CT molecular complexity index is 2180. The van der Waals surface area contributed by atoms with Crippen molar-refractivity contribution in [2.24, 2.45) is 33.6 Å². The van der Waals surface area contributed by atoms with Gasteiger partial charge in [0.2, 0.25) is 5.78 Å². The number of Topliss-reactive ketones (excluding diaryl/α,β-unsaturated/α-hetero) is 1. The van der Waals surface area contributed by atoms with Gasteiger partial charge in [0.25, 0.3) is 5.91 Å². The van der Waals surface area contributed by atoms with Crippen LogP contribution in [-0.2, 0) is 20.7 Å². The standard InChI is InChI=1S/C47H57N3O5/c1-13-30-27(5)38(48-28(30)6)36-40(51)37(41(36)52)39-34(29-17-15-14-16-18-29)35(43(49-39)50-44(53)31-20-19-24(2)21-26(31)4)45(54)55-42-32(46(7,8)9)22-25(3)23-33(42)47(10,11)12/h14-21,25,32-33,42,48,51H,13,22-23H2,1-12H3,(H,49,50,53). The lowest BCUT2D eigenvalue weighted by atomic mass is 9.59. The fraction of sp³-hybridized carbons (Fsp3) is 0.447. The number of aromatic amines is 1. The highest BCUT2D eigenvalue weighted by atomic mass is 16.5.